The summed E-state index contributed by atoms with van der Waals surface area (Å²) in [5.74, 6) is -0.222. The third-order valence-corrected chi connectivity index (χ3v) is 1.94. The van der Waals surface area contributed by atoms with Crippen LogP contribution in [0, 0.1) is 0 Å². The molecule has 0 bridgehead atoms. The largest absolute Gasteiger partial charge is 0.491 e. The van der Waals surface area contributed by atoms with Gasteiger partial charge in [-0.15, -0.1) is 0 Å². The molecule has 0 amide bonds. The van der Waals surface area contributed by atoms with Crippen LogP contribution in [0.1, 0.15) is 10.5 Å². The smallest absolute Gasteiger partial charge is 0.362 e. The minimum absolute atomic E-state index is 0.124. The van der Waals surface area contributed by atoms with Crippen LogP contribution in [-0.4, -0.2) is 34.8 Å². The summed E-state index contributed by atoms with van der Waals surface area (Å²) in [5, 5.41) is 4.01. The van der Waals surface area contributed by atoms with Gasteiger partial charge in [-0.25, -0.2) is 14.3 Å². The van der Waals surface area contributed by atoms with Gasteiger partial charge >= 0.3 is 5.97 Å². The molecule has 0 fully saturated rings. The maximum Gasteiger partial charge on any atom is 0.362 e. The number of hydrogen-bond donors (Lipinski definition) is 0. The molecular formula is C9H9N3O3. The van der Waals surface area contributed by atoms with Gasteiger partial charge in [0.25, 0.3) is 0 Å². The molecule has 0 atom stereocenters. The topological polar surface area (TPSA) is 65.7 Å². The molecule has 2 aromatic heterocycles. The van der Waals surface area contributed by atoms with Gasteiger partial charge in [-0.05, 0) is 6.07 Å². The van der Waals surface area contributed by atoms with Gasteiger partial charge in [-0.1, -0.05) is 0 Å². The van der Waals surface area contributed by atoms with Crippen molar-refractivity contribution in [1.82, 2.24) is 14.6 Å². The van der Waals surface area contributed by atoms with E-state index in [0.29, 0.717) is 11.4 Å². The zero-order valence-electron chi connectivity index (χ0n) is 8.30. The number of nitrogens with zero attached hydrogens (tertiary/aromatic N) is 3. The van der Waals surface area contributed by atoms with Crippen molar-refractivity contribution in [1.29, 1.82) is 0 Å². The number of rotatable bonds is 2. The zero-order chi connectivity index (χ0) is 10.8. The van der Waals surface area contributed by atoms with Crippen molar-refractivity contribution in [3.63, 3.8) is 0 Å². The van der Waals surface area contributed by atoms with Crippen LogP contribution in [0.5, 0.6) is 5.75 Å². The minimum atomic E-state index is -0.544. The molecule has 0 radical (unpaired) electrons. The van der Waals surface area contributed by atoms with Gasteiger partial charge in [0.15, 0.2) is 11.4 Å². The molecule has 0 aliphatic heterocycles. The number of aromatic nitrogens is 3. The summed E-state index contributed by atoms with van der Waals surface area (Å²) < 4.78 is 11.1. The van der Waals surface area contributed by atoms with Crippen LogP contribution < -0.4 is 4.74 Å². The number of esters is 1. The van der Waals surface area contributed by atoms with E-state index in [4.69, 9.17) is 4.74 Å². The highest BCUT2D eigenvalue weighted by Gasteiger charge is 2.21. The first-order valence-electron chi connectivity index (χ1n) is 4.23. The van der Waals surface area contributed by atoms with E-state index in [1.165, 1.54) is 18.7 Å². The average molecular weight is 207 g/mol. The fourth-order valence-corrected chi connectivity index (χ4v) is 1.28. The number of carbonyl (C=O) groups is 1. The van der Waals surface area contributed by atoms with Crippen LogP contribution >= 0.6 is 0 Å². The molecule has 0 saturated carbocycles. The van der Waals surface area contributed by atoms with Gasteiger partial charge in [0, 0.05) is 12.4 Å². The standard InChI is InChI=1S/C9H9N3O3/c1-14-7-6(9(13)15-2)11-12-5-3-4-10-8(7)12/h3-5H,1-2H3. The summed E-state index contributed by atoms with van der Waals surface area (Å²) in [6.07, 6.45) is 3.28. The van der Waals surface area contributed by atoms with E-state index in [1.807, 2.05) is 0 Å². The second-order valence-electron chi connectivity index (χ2n) is 2.76. The van der Waals surface area contributed by atoms with Crippen molar-refractivity contribution in [2.45, 2.75) is 0 Å². The minimum Gasteiger partial charge on any atom is -0.491 e. The van der Waals surface area contributed by atoms with Crippen LogP contribution in [0.15, 0.2) is 18.5 Å². The first-order valence-corrected chi connectivity index (χ1v) is 4.23. The molecule has 0 aromatic carbocycles. The summed E-state index contributed by atoms with van der Waals surface area (Å²) in [5.41, 5.74) is 0.610. The molecule has 15 heavy (non-hydrogen) atoms. The Bertz CT molecular complexity index is 506. The van der Waals surface area contributed by atoms with Gasteiger partial charge in [-0.2, -0.15) is 5.10 Å². The van der Waals surface area contributed by atoms with Crippen LogP contribution in [-0.2, 0) is 4.74 Å². The summed E-state index contributed by atoms with van der Waals surface area (Å²) in [4.78, 5) is 15.4. The second kappa shape index (κ2) is 3.56. The normalized spacial score (nSPS) is 10.3. The maximum atomic E-state index is 11.4. The van der Waals surface area contributed by atoms with E-state index >= 15 is 0 Å². The van der Waals surface area contributed by atoms with Gasteiger partial charge in [0.1, 0.15) is 0 Å². The molecule has 0 aliphatic carbocycles. The fourth-order valence-electron chi connectivity index (χ4n) is 1.28. The lowest BCUT2D eigenvalue weighted by molar-refractivity contribution is 0.0590. The van der Waals surface area contributed by atoms with E-state index in [1.54, 1.807) is 18.5 Å². The van der Waals surface area contributed by atoms with Crippen molar-refractivity contribution in [2.24, 2.45) is 0 Å². The summed E-state index contributed by atoms with van der Waals surface area (Å²) in [6.45, 7) is 0. The van der Waals surface area contributed by atoms with Crippen LogP contribution in [0.25, 0.3) is 5.65 Å². The Morgan fingerprint density at radius 2 is 2.27 bits per heavy atom. The number of hydrogen-bond acceptors (Lipinski definition) is 5. The highest BCUT2D eigenvalue weighted by molar-refractivity contribution is 5.92. The molecule has 2 aromatic rings. The Kier molecular flexibility index (Phi) is 2.24. The third-order valence-electron chi connectivity index (χ3n) is 1.94. The molecule has 2 heterocycles. The van der Waals surface area contributed by atoms with Crippen LogP contribution in [0.2, 0.25) is 0 Å². The number of carbonyl (C=O) groups excluding carboxylic acids is 1. The Morgan fingerprint density at radius 3 is 2.93 bits per heavy atom. The number of fused-ring (bicyclic) bond motifs is 1. The van der Waals surface area contributed by atoms with Gasteiger partial charge in [0.05, 0.1) is 14.2 Å². The molecule has 0 N–H and O–H groups in total. The predicted molar refractivity (Wildman–Crippen MR) is 50.9 cm³/mol. The average Bonchev–Trinajstić information content (AvgIpc) is 2.66. The van der Waals surface area contributed by atoms with Crippen molar-refractivity contribution >= 4 is 11.6 Å². The molecule has 6 heteroatoms. The molecule has 6 nitrogen and oxygen atoms in total. The van der Waals surface area contributed by atoms with Crippen LogP contribution in [0.3, 0.4) is 0 Å². The summed E-state index contributed by atoms with van der Waals surface area (Å²) >= 11 is 0. The number of methoxy groups -OCH3 is 2. The molecule has 78 valence electrons. The van der Waals surface area contributed by atoms with Crippen molar-refractivity contribution in [3.05, 3.63) is 24.2 Å². The predicted octanol–water partition coefficient (Wildman–Crippen LogP) is 0.524. The number of ether oxygens (including phenoxy) is 2. The Balaban J connectivity index is 2.69. The lowest BCUT2D eigenvalue weighted by Gasteiger charge is -1.97. The summed E-state index contributed by atoms with van der Waals surface area (Å²) in [6, 6.07) is 1.71. The quantitative estimate of drug-likeness (QED) is 0.672. The molecular weight excluding hydrogens is 198 g/mol. The van der Waals surface area contributed by atoms with E-state index in [0.717, 1.165) is 0 Å². The van der Waals surface area contributed by atoms with Gasteiger partial charge in [0.2, 0.25) is 5.69 Å². The van der Waals surface area contributed by atoms with E-state index < -0.39 is 5.97 Å². The molecule has 0 aliphatic rings. The van der Waals surface area contributed by atoms with Crippen molar-refractivity contribution < 1.29 is 14.3 Å². The Labute approximate surface area is 85.4 Å². The first kappa shape index (κ1) is 9.45. The van der Waals surface area contributed by atoms with Gasteiger partial charge < -0.3 is 9.47 Å². The second-order valence-corrected chi connectivity index (χ2v) is 2.76. The molecule has 0 saturated heterocycles. The van der Waals surface area contributed by atoms with Crippen molar-refractivity contribution in [3.8, 4) is 5.75 Å². The van der Waals surface area contributed by atoms with Crippen molar-refractivity contribution in [2.75, 3.05) is 14.2 Å². The Morgan fingerprint density at radius 1 is 1.47 bits per heavy atom. The third kappa shape index (κ3) is 1.39. The fraction of sp³-hybridized carbons (Fsp3) is 0.222. The highest BCUT2D eigenvalue weighted by Crippen LogP contribution is 2.22. The first-order chi connectivity index (χ1) is 7.27. The molecule has 0 unspecified atom stereocenters. The monoisotopic (exact) mass is 207 g/mol. The van der Waals surface area contributed by atoms with Gasteiger partial charge in [-0.3, -0.25) is 0 Å². The van der Waals surface area contributed by atoms with E-state index in [2.05, 4.69) is 14.8 Å². The van der Waals surface area contributed by atoms with E-state index in [9.17, 15) is 4.79 Å². The Hall–Kier alpha value is -2.11. The van der Waals surface area contributed by atoms with Crippen LogP contribution in [0.4, 0.5) is 0 Å². The molecule has 2 rings (SSSR count). The zero-order valence-corrected chi connectivity index (χ0v) is 8.30. The SMILES string of the molecule is COC(=O)c1nn2cccnc2c1OC. The maximum absolute atomic E-state index is 11.4. The molecule has 0 spiro atoms. The lowest BCUT2D eigenvalue weighted by atomic mass is 10.4. The summed E-state index contributed by atoms with van der Waals surface area (Å²) in [7, 11) is 2.75. The highest BCUT2D eigenvalue weighted by atomic mass is 16.5. The lowest BCUT2D eigenvalue weighted by Crippen LogP contribution is -2.04. The van der Waals surface area contributed by atoms with E-state index in [-0.39, 0.29) is 5.69 Å².